The Bertz CT molecular complexity index is 656. The number of benzene rings is 2. The highest BCUT2D eigenvalue weighted by Crippen LogP contribution is 2.38. The summed E-state index contributed by atoms with van der Waals surface area (Å²) in [5.74, 6) is 0.0302. The van der Waals surface area contributed by atoms with Crippen LogP contribution in [-0.4, -0.2) is 26.1 Å². The van der Waals surface area contributed by atoms with Gasteiger partial charge in [-0.2, -0.15) is 0 Å². The normalized spacial score (nSPS) is 15.2. The standard InChI is InChI=1S/C22H29IO2Si/c1-18(17-24)21(15-16-23)25-26(22(2,3)4,19-11-7-5-8-12-19)20-13-9-6-10-14-20/h5-16,18,21,24H,17H2,1-4H3/b16-15+/t18-,21+/m1/s1. The molecular formula is C22H29IO2Si. The van der Waals surface area contributed by atoms with Crippen molar-refractivity contribution in [3.63, 3.8) is 0 Å². The van der Waals surface area contributed by atoms with Crippen molar-refractivity contribution >= 4 is 41.3 Å². The highest BCUT2D eigenvalue weighted by molar-refractivity contribution is 14.1. The molecule has 2 nitrogen and oxygen atoms in total. The molecule has 0 aliphatic heterocycles. The predicted octanol–water partition coefficient (Wildman–Crippen LogP) is 4.51. The summed E-state index contributed by atoms with van der Waals surface area (Å²) in [5.41, 5.74) is 0. The Balaban J connectivity index is 2.71. The lowest BCUT2D eigenvalue weighted by Gasteiger charge is -2.45. The quantitative estimate of drug-likeness (QED) is 0.467. The summed E-state index contributed by atoms with van der Waals surface area (Å²) in [5, 5.41) is 12.2. The van der Waals surface area contributed by atoms with Crippen LogP contribution >= 0.6 is 22.6 Å². The summed E-state index contributed by atoms with van der Waals surface area (Å²) in [6, 6.07) is 21.2. The van der Waals surface area contributed by atoms with Crippen molar-refractivity contribution in [1.29, 1.82) is 0 Å². The van der Waals surface area contributed by atoms with Gasteiger partial charge in [0.05, 0.1) is 6.10 Å². The van der Waals surface area contributed by atoms with Crippen LogP contribution in [0, 0.1) is 5.92 Å². The third-order valence-corrected chi connectivity index (χ3v) is 10.3. The molecule has 2 rings (SSSR count). The van der Waals surface area contributed by atoms with Crippen LogP contribution in [0.25, 0.3) is 0 Å². The van der Waals surface area contributed by atoms with Gasteiger partial charge in [-0.05, 0) is 19.5 Å². The molecule has 0 heterocycles. The second-order valence-electron chi connectivity index (χ2n) is 7.72. The summed E-state index contributed by atoms with van der Waals surface area (Å²) in [6.07, 6.45) is 1.93. The van der Waals surface area contributed by atoms with E-state index in [0.29, 0.717) is 0 Å². The number of rotatable bonds is 7. The fourth-order valence-corrected chi connectivity index (χ4v) is 8.56. The molecule has 0 spiro atoms. The van der Waals surface area contributed by atoms with Gasteiger partial charge < -0.3 is 9.53 Å². The Morgan fingerprint density at radius 3 is 1.81 bits per heavy atom. The highest BCUT2D eigenvalue weighted by Gasteiger charge is 2.51. The van der Waals surface area contributed by atoms with Gasteiger partial charge in [-0.15, -0.1) is 0 Å². The molecule has 2 atom stereocenters. The number of aliphatic hydroxyl groups is 1. The number of hydrogen-bond acceptors (Lipinski definition) is 2. The summed E-state index contributed by atoms with van der Waals surface area (Å²) < 4.78 is 9.05. The van der Waals surface area contributed by atoms with Crippen LogP contribution in [0.15, 0.2) is 70.8 Å². The van der Waals surface area contributed by atoms with Crippen molar-refractivity contribution in [1.82, 2.24) is 0 Å². The van der Waals surface area contributed by atoms with Gasteiger partial charge >= 0.3 is 0 Å². The van der Waals surface area contributed by atoms with E-state index in [1.54, 1.807) is 0 Å². The Labute approximate surface area is 172 Å². The van der Waals surface area contributed by atoms with Crippen molar-refractivity contribution in [2.75, 3.05) is 6.61 Å². The first-order valence-electron chi connectivity index (χ1n) is 9.03. The highest BCUT2D eigenvalue weighted by atomic mass is 127. The zero-order valence-electron chi connectivity index (χ0n) is 16.0. The molecule has 0 unspecified atom stereocenters. The van der Waals surface area contributed by atoms with E-state index >= 15 is 0 Å². The molecule has 0 bridgehead atoms. The van der Waals surface area contributed by atoms with Gasteiger partial charge in [-0.25, -0.2) is 0 Å². The summed E-state index contributed by atoms with van der Waals surface area (Å²) in [4.78, 5) is 0. The van der Waals surface area contributed by atoms with E-state index in [-0.39, 0.29) is 23.7 Å². The SMILES string of the molecule is C[C@H](CO)[C@H](/C=C/I)O[Si](c1ccccc1)(c1ccccc1)C(C)(C)C. The second kappa shape index (κ2) is 9.31. The van der Waals surface area contributed by atoms with Crippen molar-refractivity contribution in [2.45, 2.75) is 38.8 Å². The molecule has 0 aliphatic rings. The van der Waals surface area contributed by atoms with E-state index in [2.05, 4.69) is 110 Å². The van der Waals surface area contributed by atoms with Crippen LogP contribution in [0.2, 0.25) is 5.04 Å². The second-order valence-corrected chi connectivity index (χ2v) is 12.7. The molecule has 2 aromatic carbocycles. The van der Waals surface area contributed by atoms with Crippen molar-refractivity contribution in [2.24, 2.45) is 5.92 Å². The molecule has 2 aromatic rings. The lowest BCUT2D eigenvalue weighted by Crippen LogP contribution is -2.68. The zero-order valence-corrected chi connectivity index (χ0v) is 19.2. The Kier molecular flexibility index (Phi) is 7.64. The summed E-state index contributed by atoms with van der Waals surface area (Å²) >= 11 is 2.23. The fourth-order valence-electron chi connectivity index (χ4n) is 3.42. The minimum Gasteiger partial charge on any atom is -0.401 e. The maximum atomic E-state index is 9.77. The first-order chi connectivity index (χ1) is 12.4. The molecule has 140 valence electrons. The van der Waals surface area contributed by atoms with E-state index in [1.807, 2.05) is 11.0 Å². The van der Waals surface area contributed by atoms with Gasteiger partial charge in [0.15, 0.2) is 0 Å². The lowest BCUT2D eigenvalue weighted by atomic mass is 10.1. The van der Waals surface area contributed by atoms with Crippen LogP contribution in [-0.2, 0) is 4.43 Å². The summed E-state index contributed by atoms with van der Waals surface area (Å²) in [6.45, 7) is 8.96. The maximum absolute atomic E-state index is 9.77. The number of halogens is 1. The Hall–Kier alpha value is -0.953. The van der Waals surface area contributed by atoms with Gasteiger partial charge in [-0.1, -0.05) is 117 Å². The van der Waals surface area contributed by atoms with E-state index < -0.39 is 8.32 Å². The van der Waals surface area contributed by atoms with Crippen molar-refractivity contribution < 1.29 is 9.53 Å². The van der Waals surface area contributed by atoms with Crippen molar-refractivity contribution in [3.8, 4) is 0 Å². The minimum absolute atomic E-state index is 0.0302. The zero-order chi connectivity index (χ0) is 19.2. The van der Waals surface area contributed by atoms with E-state index in [9.17, 15) is 5.11 Å². The van der Waals surface area contributed by atoms with Crippen LogP contribution in [0.4, 0.5) is 0 Å². The monoisotopic (exact) mass is 480 g/mol. The average Bonchev–Trinajstić information content (AvgIpc) is 2.65. The number of aliphatic hydroxyl groups excluding tert-OH is 1. The molecule has 0 aromatic heterocycles. The Morgan fingerprint density at radius 2 is 1.46 bits per heavy atom. The van der Waals surface area contributed by atoms with E-state index in [1.165, 1.54) is 10.4 Å². The fraction of sp³-hybridized carbons (Fsp3) is 0.364. The molecule has 4 heteroatoms. The molecule has 0 fully saturated rings. The first kappa shape index (κ1) is 21.3. The first-order valence-corrected chi connectivity index (χ1v) is 12.2. The predicted molar refractivity (Wildman–Crippen MR) is 122 cm³/mol. The maximum Gasteiger partial charge on any atom is 0.261 e. The van der Waals surface area contributed by atoms with Crippen LogP contribution in [0.5, 0.6) is 0 Å². The lowest BCUT2D eigenvalue weighted by molar-refractivity contribution is 0.121. The van der Waals surface area contributed by atoms with Gasteiger partial charge in [0.2, 0.25) is 0 Å². The van der Waals surface area contributed by atoms with Crippen LogP contribution < -0.4 is 10.4 Å². The van der Waals surface area contributed by atoms with Gasteiger partial charge in [0.25, 0.3) is 8.32 Å². The molecule has 26 heavy (non-hydrogen) atoms. The van der Waals surface area contributed by atoms with E-state index in [4.69, 9.17) is 4.43 Å². The van der Waals surface area contributed by atoms with Gasteiger partial charge in [0, 0.05) is 12.5 Å². The molecule has 0 radical (unpaired) electrons. The smallest absolute Gasteiger partial charge is 0.261 e. The van der Waals surface area contributed by atoms with Crippen LogP contribution in [0.1, 0.15) is 27.7 Å². The largest absolute Gasteiger partial charge is 0.401 e. The van der Waals surface area contributed by atoms with Crippen molar-refractivity contribution in [3.05, 3.63) is 70.8 Å². The third-order valence-electron chi connectivity index (χ3n) is 4.84. The molecule has 0 aliphatic carbocycles. The molecule has 0 saturated carbocycles. The molecular weight excluding hydrogens is 451 g/mol. The van der Waals surface area contributed by atoms with Gasteiger partial charge in [-0.3, -0.25) is 0 Å². The Morgan fingerprint density at radius 1 is 1.00 bits per heavy atom. The van der Waals surface area contributed by atoms with Gasteiger partial charge in [0.1, 0.15) is 0 Å². The van der Waals surface area contributed by atoms with E-state index in [0.717, 1.165) is 0 Å². The molecule has 0 amide bonds. The molecule has 1 N–H and O–H groups in total. The summed E-state index contributed by atoms with van der Waals surface area (Å²) in [7, 11) is -2.59. The third kappa shape index (κ3) is 4.47. The van der Waals surface area contributed by atoms with Crippen LogP contribution in [0.3, 0.4) is 0 Å². The average molecular weight is 480 g/mol. The topological polar surface area (TPSA) is 29.5 Å². The minimum atomic E-state index is -2.59. The number of hydrogen-bond donors (Lipinski definition) is 1. The molecule has 0 saturated heterocycles.